The van der Waals surface area contributed by atoms with Crippen molar-refractivity contribution < 1.29 is 9.53 Å². The molecule has 1 fully saturated rings. The lowest BCUT2D eigenvalue weighted by Gasteiger charge is -2.15. The zero-order valence-electron chi connectivity index (χ0n) is 10.0. The van der Waals surface area contributed by atoms with Crippen molar-refractivity contribution in [3.8, 4) is 0 Å². The number of ether oxygens (including phenoxy) is 1. The molecule has 0 aromatic rings. The average molecular weight is 200 g/mol. The molecular formula is C12H24O2. The molecule has 0 spiro atoms. The van der Waals surface area contributed by atoms with Crippen molar-refractivity contribution in [2.45, 2.75) is 65.9 Å². The van der Waals surface area contributed by atoms with E-state index < -0.39 is 0 Å². The SMILES string of the molecule is CC(=O)OC(C)C.CC1CCCCC1. The molecule has 0 bridgehead atoms. The lowest BCUT2D eigenvalue weighted by atomic mass is 9.91. The van der Waals surface area contributed by atoms with Gasteiger partial charge in [-0.1, -0.05) is 39.0 Å². The molecule has 2 nitrogen and oxygen atoms in total. The Labute approximate surface area is 88.0 Å². The number of esters is 1. The molecule has 0 heterocycles. The first-order valence-electron chi connectivity index (χ1n) is 5.69. The minimum absolute atomic E-state index is 0.0255. The molecule has 1 rings (SSSR count). The van der Waals surface area contributed by atoms with Crippen molar-refractivity contribution in [2.75, 3.05) is 0 Å². The predicted molar refractivity (Wildman–Crippen MR) is 59.2 cm³/mol. The second-order valence-corrected chi connectivity index (χ2v) is 4.40. The summed E-state index contributed by atoms with van der Waals surface area (Å²) in [5.74, 6) is 0.823. The molecule has 84 valence electrons. The third-order valence-corrected chi connectivity index (χ3v) is 2.30. The van der Waals surface area contributed by atoms with E-state index in [1.165, 1.54) is 39.0 Å². The normalized spacial score (nSPS) is 17.2. The van der Waals surface area contributed by atoms with Gasteiger partial charge in [-0.2, -0.15) is 0 Å². The van der Waals surface area contributed by atoms with E-state index in [1.54, 1.807) is 0 Å². The van der Waals surface area contributed by atoms with Gasteiger partial charge in [0.15, 0.2) is 0 Å². The van der Waals surface area contributed by atoms with Crippen LogP contribution < -0.4 is 0 Å². The Morgan fingerprint density at radius 2 is 1.71 bits per heavy atom. The van der Waals surface area contributed by atoms with Gasteiger partial charge in [-0.15, -0.1) is 0 Å². The van der Waals surface area contributed by atoms with Crippen LogP contribution in [-0.2, 0) is 9.53 Å². The summed E-state index contributed by atoms with van der Waals surface area (Å²) in [6, 6.07) is 0. The topological polar surface area (TPSA) is 26.3 Å². The molecule has 2 heteroatoms. The second-order valence-electron chi connectivity index (χ2n) is 4.40. The fraction of sp³-hybridized carbons (Fsp3) is 0.917. The molecule has 0 aliphatic heterocycles. The van der Waals surface area contributed by atoms with Crippen molar-refractivity contribution in [3.05, 3.63) is 0 Å². The summed E-state index contributed by atoms with van der Waals surface area (Å²) in [6.45, 7) is 7.40. The number of carbonyl (C=O) groups excluding carboxylic acids is 1. The lowest BCUT2D eigenvalue weighted by molar-refractivity contribution is -0.144. The maximum Gasteiger partial charge on any atom is 0.302 e. The van der Waals surface area contributed by atoms with Crippen molar-refractivity contribution >= 4 is 5.97 Å². The van der Waals surface area contributed by atoms with Crippen LogP contribution in [0.3, 0.4) is 0 Å². The Kier molecular flexibility index (Phi) is 7.54. The molecule has 0 unspecified atom stereocenters. The van der Waals surface area contributed by atoms with E-state index >= 15 is 0 Å². The first-order chi connectivity index (χ1) is 6.52. The molecule has 14 heavy (non-hydrogen) atoms. The zero-order chi connectivity index (χ0) is 11.0. The highest BCUT2D eigenvalue weighted by atomic mass is 16.5. The van der Waals surface area contributed by atoms with Gasteiger partial charge in [0.2, 0.25) is 0 Å². The number of rotatable bonds is 1. The highest BCUT2D eigenvalue weighted by Gasteiger charge is 2.05. The summed E-state index contributed by atoms with van der Waals surface area (Å²) in [4.78, 5) is 10.0. The van der Waals surface area contributed by atoms with Crippen LogP contribution in [0.2, 0.25) is 0 Å². The molecule has 0 radical (unpaired) electrons. The van der Waals surface area contributed by atoms with Gasteiger partial charge >= 0.3 is 5.97 Å². The van der Waals surface area contributed by atoms with Crippen molar-refractivity contribution in [1.29, 1.82) is 0 Å². The van der Waals surface area contributed by atoms with Gasteiger partial charge in [-0.25, -0.2) is 0 Å². The van der Waals surface area contributed by atoms with Gasteiger partial charge in [0.05, 0.1) is 6.10 Å². The molecular weight excluding hydrogens is 176 g/mol. The van der Waals surface area contributed by atoms with Gasteiger partial charge in [-0.3, -0.25) is 4.79 Å². The molecule has 0 saturated heterocycles. The summed E-state index contributed by atoms with van der Waals surface area (Å²) >= 11 is 0. The summed E-state index contributed by atoms with van der Waals surface area (Å²) in [5, 5.41) is 0. The van der Waals surface area contributed by atoms with Crippen molar-refractivity contribution in [1.82, 2.24) is 0 Å². The van der Waals surface area contributed by atoms with Crippen LogP contribution in [0, 0.1) is 5.92 Å². The summed E-state index contributed by atoms with van der Waals surface area (Å²) in [6.07, 6.45) is 7.46. The quantitative estimate of drug-likeness (QED) is 0.605. The molecule has 0 atom stereocenters. The van der Waals surface area contributed by atoms with E-state index in [2.05, 4.69) is 11.7 Å². The Hall–Kier alpha value is -0.530. The first kappa shape index (κ1) is 13.5. The standard InChI is InChI=1S/C7H14.C5H10O2/c1-7-5-3-2-4-6-7;1-4(2)7-5(3)6/h7H,2-6H2,1H3;4H,1-3H3. The highest BCUT2D eigenvalue weighted by Crippen LogP contribution is 2.22. The smallest absolute Gasteiger partial charge is 0.302 e. The molecule has 1 aliphatic carbocycles. The van der Waals surface area contributed by atoms with Crippen LogP contribution >= 0.6 is 0 Å². The van der Waals surface area contributed by atoms with Gasteiger partial charge in [0.25, 0.3) is 0 Å². The molecule has 0 amide bonds. The number of carbonyl (C=O) groups is 1. The zero-order valence-corrected chi connectivity index (χ0v) is 10.0. The Balaban J connectivity index is 0.000000241. The predicted octanol–water partition coefficient (Wildman–Crippen LogP) is 3.54. The minimum Gasteiger partial charge on any atom is -0.463 e. The van der Waals surface area contributed by atoms with Crippen molar-refractivity contribution in [2.24, 2.45) is 5.92 Å². The van der Waals surface area contributed by atoms with E-state index in [4.69, 9.17) is 0 Å². The second kappa shape index (κ2) is 7.84. The summed E-state index contributed by atoms with van der Waals surface area (Å²) in [7, 11) is 0. The third kappa shape index (κ3) is 9.56. The molecule has 0 aromatic carbocycles. The van der Waals surface area contributed by atoms with E-state index in [9.17, 15) is 4.79 Å². The van der Waals surface area contributed by atoms with Crippen LogP contribution in [0.4, 0.5) is 0 Å². The van der Waals surface area contributed by atoms with E-state index in [-0.39, 0.29) is 12.1 Å². The molecule has 0 N–H and O–H groups in total. The maximum atomic E-state index is 10.0. The fourth-order valence-corrected chi connectivity index (χ4v) is 1.64. The van der Waals surface area contributed by atoms with E-state index in [0.717, 1.165) is 5.92 Å². The van der Waals surface area contributed by atoms with Crippen LogP contribution in [0.15, 0.2) is 0 Å². The number of hydrogen-bond donors (Lipinski definition) is 0. The van der Waals surface area contributed by atoms with Gasteiger partial charge < -0.3 is 4.74 Å². The minimum atomic E-state index is -0.213. The van der Waals surface area contributed by atoms with Crippen molar-refractivity contribution in [3.63, 3.8) is 0 Å². The van der Waals surface area contributed by atoms with Gasteiger partial charge in [-0.05, 0) is 19.8 Å². The first-order valence-corrected chi connectivity index (χ1v) is 5.69. The monoisotopic (exact) mass is 200 g/mol. The fourth-order valence-electron chi connectivity index (χ4n) is 1.64. The Bertz CT molecular complexity index is 146. The number of hydrogen-bond acceptors (Lipinski definition) is 2. The Morgan fingerprint density at radius 1 is 1.21 bits per heavy atom. The van der Waals surface area contributed by atoms with Crippen LogP contribution in [-0.4, -0.2) is 12.1 Å². The molecule has 1 saturated carbocycles. The highest BCUT2D eigenvalue weighted by molar-refractivity contribution is 5.66. The largest absolute Gasteiger partial charge is 0.463 e. The Morgan fingerprint density at radius 3 is 1.86 bits per heavy atom. The summed E-state index contributed by atoms with van der Waals surface area (Å²) < 4.78 is 4.61. The molecule has 0 aromatic heterocycles. The summed E-state index contributed by atoms with van der Waals surface area (Å²) in [5.41, 5.74) is 0. The lowest BCUT2D eigenvalue weighted by Crippen LogP contribution is -2.06. The van der Waals surface area contributed by atoms with Crippen LogP contribution in [0.25, 0.3) is 0 Å². The van der Waals surface area contributed by atoms with Gasteiger partial charge in [0.1, 0.15) is 0 Å². The molecule has 1 aliphatic rings. The van der Waals surface area contributed by atoms with Crippen LogP contribution in [0.1, 0.15) is 59.8 Å². The van der Waals surface area contributed by atoms with E-state index in [1.807, 2.05) is 13.8 Å². The maximum absolute atomic E-state index is 10.0. The van der Waals surface area contributed by atoms with E-state index in [0.29, 0.717) is 0 Å². The van der Waals surface area contributed by atoms with Gasteiger partial charge in [0, 0.05) is 6.92 Å². The van der Waals surface area contributed by atoms with Crippen LogP contribution in [0.5, 0.6) is 0 Å². The average Bonchev–Trinajstić information content (AvgIpc) is 2.03. The third-order valence-electron chi connectivity index (χ3n) is 2.30.